The molecular weight excluding hydrogens is 523 g/mol. The number of hydrogen-bond donors (Lipinski definition) is 2. The Kier molecular flexibility index (Phi) is 8.06. The van der Waals surface area contributed by atoms with Crippen LogP contribution in [0.2, 0.25) is 10.0 Å². The number of nitrogens with zero attached hydrogens (tertiary/aromatic N) is 2. The molecule has 2 heterocycles. The Hall–Kier alpha value is -4.07. The van der Waals surface area contributed by atoms with Crippen LogP contribution in [0.1, 0.15) is 33.9 Å². The molecule has 1 atom stereocenters. The second kappa shape index (κ2) is 12.0. The van der Waals surface area contributed by atoms with Crippen molar-refractivity contribution >= 4 is 40.1 Å². The zero-order valence-corrected chi connectivity index (χ0v) is 21.7. The van der Waals surface area contributed by atoms with Crippen molar-refractivity contribution in [1.29, 1.82) is 0 Å². The highest BCUT2D eigenvalue weighted by molar-refractivity contribution is 6.42. The van der Waals surface area contributed by atoms with E-state index in [0.29, 0.717) is 46.7 Å². The van der Waals surface area contributed by atoms with Crippen LogP contribution in [0, 0.1) is 0 Å². The molecule has 0 radical (unpaired) electrons. The maximum Gasteiger partial charge on any atom is 0.252 e. The predicted octanol–water partition coefficient (Wildman–Crippen LogP) is 6.63. The van der Waals surface area contributed by atoms with E-state index in [1.807, 2.05) is 42.5 Å². The second-order valence-corrected chi connectivity index (χ2v) is 9.34. The number of halogens is 2. The minimum atomic E-state index is -0.424. The lowest BCUT2D eigenvalue weighted by Crippen LogP contribution is -2.29. The molecule has 3 aromatic carbocycles. The maximum atomic E-state index is 13.2. The fourth-order valence-corrected chi connectivity index (χ4v) is 4.27. The van der Waals surface area contributed by atoms with Gasteiger partial charge in [0.05, 0.1) is 46.7 Å². The molecule has 0 saturated heterocycles. The summed E-state index contributed by atoms with van der Waals surface area (Å²) in [6, 6.07) is 21.6. The van der Waals surface area contributed by atoms with Gasteiger partial charge in [0.25, 0.3) is 5.91 Å². The van der Waals surface area contributed by atoms with Gasteiger partial charge in [-0.25, -0.2) is 4.98 Å². The first-order valence-electron chi connectivity index (χ1n) is 12.0. The van der Waals surface area contributed by atoms with Gasteiger partial charge in [-0.15, -0.1) is 0 Å². The van der Waals surface area contributed by atoms with Gasteiger partial charge >= 0.3 is 0 Å². The number of aromatic nitrogens is 3. The van der Waals surface area contributed by atoms with E-state index >= 15 is 0 Å². The van der Waals surface area contributed by atoms with Gasteiger partial charge in [-0.1, -0.05) is 41.4 Å². The van der Waals surface area contributed by atoms with Crippen LogP contribution in [0.5, 0.6) is 11.5 Å². The Morgan fingerprint density at radius 1 is 0.895 bits per heavy atom. The van der Waals surface area contributed by atoms with E-state index in [9.17, 15) is 4.79 Å². The molecule has 0 aliphatic heterocycles. The van der Waals surface area contributed by atoms with Crippen LogP contribution in [-0.2, 0) is 0 Å². The third kappa shape index (κ3) is 6.25. The highest BCUT2D eigenvalue weighted by Gasteiger charge is 2.19. The maximum absolute atomic E-state index is 13.2. The molecule has 0 aliphatic carbocycles. The fraction of sp³-hybridized carbons (Fsp3) is 0.138. The number of nitrogens with one attached hydrogen (secondary N) is 2. The van der Waals surface area contributed by atoms with Crippen LogP contribution in [0.25, 0.3) is 11.0 Å². The van der Waals surface area contributed by atoms with E-state index in [1.165, 1.54) is 0 Å². The van der Waals surface area contributed by atoms with Crippen molar-refractivity contribution < 1.29 is 14.3 Å². The first kappa shape index (κ1) is 25.6. The van der Waals surface area contributed by atoms with Crippen molar-refractivity contribution in [3.8, 4) is 11.5 Å². The molecule has 0 bridgehead atoms. The fourth-order valence-electron chi connectivity index (χ4n) is 3.98. The van der Waals surface area contributed by atoms with Gasteiger partial charge in [0, 0.05) is 30.4 Å². The monoisotopic (exact) mass is 546 g/mol. The van der Waals surface area contributed by atoms with Crippen molar-refractivity contribution in [3.05, 3.63) is 118 Å². The number of ether oxygens (including phenoxy) is 2. The highest BCUT2D eigenvalue weighted by atomic mass is 35.5. The molecule has 1 unspecified atom stereocenters. The average Bonchev–Trinajstić information content (AvgIpc) is 3.42. The number of hydrogen-bond acceptors (Lipinski definition) is 5. The Labute approximate surface area is 229 Å². The minimum absolute atomic E-state index is 0.213. The van der Waals surface area contributed by atoms with E-state index < -0.39 is 6.04 Å². The van der Waals surface area contributed by atoms with Crippen LogP contribution in [-0.4, -0.2) is 34.1 Å². The molecule has 0 saturated carbocycles. The summed E-state index contributed by atoms with van der Waals surface area (Å²) in [4.78, 5) is 24.8. The van der Waals surface area contributed by atoms with Gasteiger partial charge in [-0.2, -0.15) is 0 Å². The summed E-state index contributed by atoms with van der Waals surface area (Å²) in [5, 5.41) is 4.08. The van der Waals surface area contributed by atoms with Crippen LogP contribution >= 0.6 is 23.2 Å². The summed E-state index contributed by atoms with van der Waals surface area (Å²) >= 11 is 12.0. The van der Waals surface area contributed by atoms with E-state index in [4.69, 9.17) is 32.7 Å². The number of H-pyrrole nitrogens is 1. The second-order valence-electron chi connectivity index (χ2n) is 8.53. The topological polar surface area (TPSA) is 89.1 Å². The molecule has 192 valence electrons. The van der Waals surface area contributed by atoms with Gasteiger partial charge in [0.1, 0.15) is 11.5 Å². The van der Waals surface area contributed by atoms with Gasteiger partial charge in [0.2, 0.25) is 0 Å². The van der Waals surface area contributed by atoms with Crippen LogP contribution < -0.4 is 14.8 Å². The third-order valence-corrected chi connectivity index (χ3v) is 6.62. The number of pyridine rings is 1. The van der Waals surface area contributed by atoms with Crippen LogP contribution in [0.4, 0.5) is 0 Å². The number of amides is 1. The first-order chi connectivity index (χ1) is 18.6. The number of fused-ring (bicyclic) bond motifs is 1. The minimum Gasteiger partial charge on any atom is -0.493 e. The molecule has 38 heavy (non-hydrogen) atoms. The lowest BCUT2D eigenvalue weighted by molar-refractivity contribution is 0.0943. The van der Waals surface area contributed by atoms with Crippen molar-refractivity contribution in [2.75, 3.05) is 13.2 Å². The largest absolute Gasteiger partial charge is 0.493 e. The molecule has 1 amide bonds. The van der Waals surface area contributed by atoms with E-state index in [0.717, 1.165) is 22.2 Å². The van der Waals surface area contributed by atoms with Crippen molar-refractivity contribution in [1.82, 2.24) is 20.3 Å². The lowest BCUT2D eigenvalue weighted by Gasteiger charge is -2.20. The molecule has 9 heteroatoms. The van der Waals surface area contributed by atoms with E-state index in [-0.39, 0.29) is 5.91 Å². The zero-order chi connectivity index (χ0) is 26.3. The normalized spacial score (nSPS) is 11.7. The van der Waals surface area contributed by atoms with Crippen molar-refractivity contribution in [2.45, 2.75) is 12.5 Å². The van der Waals surface area contributed by atoms with E-state index in [2.05, 4.69) is 20.3 Å². The summed E-state index contributed by atoms with van der Waals surface area (Å²) in [6.45, 7) is 0.921. The highest BCUT2D eigenvalue weighted by Crippen LogP contribution is 2.27. The lowest BCUT2D eigenvalue weighted by atomic mass is 9.99. The summed E-state index contributed by atoms with van der Waals surface area (Å²) < 4.78 is 11.7. The van der Waals surface area contributed by atoms with Gasteiger partial charge in [0.15, 0.2) is 0 Å². The molecule has 0 spiro atoms. The number of carbonyl (C=O) groups is 1. The van der Waals surface area contributed by atoms with Gasteiger partial charge < -0.3 is 19.8 Å². The summed E-state index contributed by atoms with van der Waals surface area (Å²) in [5.74, 6) is 1.13. The number of imidazole rings is 1. The van der Waals surface area contributed by atoms with Crippen molar-refractivity contribution in [2.24, 2.45) is 0 Å². The number of carbonyl (C=O) groups excluding carboxylic acids is 1. The molecule has 7 nitrogen and oxygen atoms in total. The Bertz CT molecular complexity index is 1540. The molecule has 0 fully saturated rings. The standard InChI is InChI=1S/C29H24Cl2N4O3/c30-24-9-8-23(16-25(24)31)38-13-3-12-37-22-6-1-4-19(14-22)28(21-5-2-11-32-17-21)35-29(36)20-7-10-26-27(15-20)34-18-33-26/h1-2,4-11,14-18,28H,3,12-13H2,(H,33,34)(H,35,36). The summed E-state index contributed by atoms with van der Waals surface area (Å²) in [5.41, 5.74) is 3.85. The SMILES string of the molecule is O=C(NC(c1cccnc1)c1cccc(OCCCOc2ccc(Cl)c(Cl)c2)c1)c1ccc2[nH]cnc2c1. The number of aromatic amines is 1. The zero-order valence-electron chi connectivity index (χ0n) is 20.2. The predicted molar refractivity (Wildman–Crippen MR) is 148 cm³/mol. The average molecular weight is 547 g/mol. The van der Waals surface area contributed by atoms with Gasteiger partial charge in [-0.3, -0.25) is 9.78 Å². The van der Waals surface area contributed by atoms with Crippen LogP contribution in [0.15, 0.2) is 91.5 Å². The summed E-state index contributed by atoms with van der Waals surface area (Å²) in [6.07, 6.45) is 5.72. The molecular formula is C29H24Cl2N4O3. The summed E-state index contributed by atoms with van der Waals surface area (Å²) in [7, 11) is 0. The molecule has 0 aliphatic rings. The van der Waals surface area contributed by atoms with Crippen molar-refractivity contribution in [3.63, 3.8) is 0 Å². The smallest absolute Gasteiger partial charge is 0.252 e. The van der Waals surface area contributed by atoms with E-state index in [1.54, 1.807) is 49.1 Å². The molecule has 2 N–H and O–H groups in total. The van der Waals surface area contributed by atoms with Gasteiger partial charge in [-0.05, 0) is 59.7 Å². The Morgan fingerprint density at radius 2 is 1.71 bits per heavy atom. The first-order valence-corrected chi connectivity index (χ1v) is 12.8. The van der Waals surface area contributed by atoms with Crippen LogP contribution in [0.3, 0.4) is 0 Å². The number of benzene rings is 3. The number of rotatable bonds is 10. The molecule has 2 aromatic heterocycles. The molecule has 5 aromatic rings. The third-order valence-electron chi connectivity index (χ3n) is 5.89. The Balaban J connectivity index is 1.25. The Morgan fingerprint density at radius 3 is 2.50 bits per heavy atom. The molecule has 5 rings (SSSR count). The quantitative estimate of drug-likeness (QED) is 0.192.